The largest absolute Gasteiger partial charge is 0.330 e. The van der Waals surface area contributed by atoms with Crippen molar-refractivity contribution in [2.45, 2.75) is 38.6 Å². The average molecular weight is 475 g/mol. The molecule has 1 amide bonds. The van der Waals surface area contributed by atoms with Gasteiger partial charge >= 0.3 is 0 Å². The van der Waals surface area contributed by atoms with E-state index in [0.717, 1.165) is 25.7 Å². The number of carbonyl (C=O) groups is 1. The van der Waals surface area contributed by atoms with Crippen LogP contribution in [0.5, 0.6) is 0 Å². The van der Waals surface area contributed by atoms with Gasteiger partial charge in [-0.3, -0.25) is 14.2 Å². The van der Waals surface area contributed by atoms with Gasteiger partial charge in [-0.25, -0.2) is 4.98 Å². The number of nitrogens with zero attached hydrogens (tertiary/aromatic N) is 3. The van der Waals surface area contributed by atoms with E-state index >= 15 is 0 Å². The molecule has 8 heteroatoms. The Hall–Kier alpha value is -2.41. The summed E-state index contributed by atoms with van der Waals surface area (Å²) in [5.74, 6) is 0.348. The third-order valence-corrected chi connectivity index (χ3v) is 6.07. The molecule has 1 aromatic heterocycles. The Kier molecular flexibility index (Phi) is 8.29. The number of amides is 1. The van der Waals surface area contributed by atoms with Crippen molar-refractivity contribution >= 4 is 40.0 Å². The normalized spacial score (nSPS) is 12.2. The zero-order valence-electron chi connectivity index (χ0n) is 18.4. The fourth-order valence-electron chi connectivity index (χ4n) is 3.81. The molecule has 1 heterocycles. The van der Waals surface area contributed by atoms with E-state index < -0.39 is 6.04 Å². The van der Waals surface area contributed by atoms with Crippen molar-refractivity contribution in [1.29, 1.82) is 0 Å². The van der Waals surface area contributed by atoms with Crippen LogP contribution >= 0.6 is 23.2 Å². The van der Waals surface area contributed by atoms with Gasteiger partial charge in [0.15, 0.2) is 0 Å². The van der Waals surface area contributed by atoms with Gasteiger partial charge in [0, 0.05) is 29.2 Å². The number of halogens is 2. The van der Waals surface area contributed by atoms with Crippen LogP contribution in [0.1, 0.15) is 54.8 Å². The van der Waals surface area contributed by atoms with Gasteiger partial charge in [-0.1, -0.05) is 42.1 Å². The molecule has 32 heavy (non-hydrogen) atoms. The summed E-state index contributed by atoms with van der Waals surface area (Å²) >= 11 is 12.3. The van der Waals surface area contributed by atoms with Crippen molar-refractivity contribution in [3.05, 3.63) is 74.3 Å². The molecule has 6 nitrogen and oxygen atoms in total. The maximum Gasteiger partial charge on any atom is 0.261 e. The molecule has 0 bridgehead atoms. The van der Waals surface area contributed by atoms with Crippen LogP contribution in [0.2, 0.25) is 10.0 Å². The van der Waals surface area contributed by atoms with E-state index in [-0.39, 0.29) is 11.5 Å². The zero-order chi connectivity index (χ0) is 23.3. The highest BCUT2D eigenvalue weighted by molar-refractivity contribution is 6.31. The van der Waals surface area contributed by atoms with Gasteiger partial charge in [-0.15, -0.1) is 0 Å². The van der Waals surface area contributed by atoms with E-state index in [1.54, 1.807) is 54.4 Å². The van der Waals surface area contributed by atoms with Gasteiger partial charge in [0.05, 0.1) is 16.9 Å². The molecule has 0 saturated carbocycles. The van der Waals surface area contributed by atoms with Crippen molar-refractivity contribution in [2.75, 3.05) is 13.1 Å². The van der Waals surface area contributed by atoms with Crippen molar-refractivity contribution in [3.8, 4) is 0 Å². The first-order valence-corrected chi connectivity index (χ1v) is 11.5. The standard InChI is InChI=1S/C24H28Cl2N4O2/c1-16(22-28-21-15-19(26)10-11-20(21)24(32)29(22)2)30(13-6-4-3-5-12-27)23(31)17-8-7-9-18(25)14-17/h7-11,14-16H,3-6,12-13,27H2,1-2H3. The van der Waals surface area contributed by atoms with E-state index in [9.17, 15) is 9.59 Å². The fourth-order valence-corrected chi connectivity index (χ4v) is 4.17. The zero-order valence-corrected chi connectivity index (χ0v) is 19.9. The number of unbranched alkanes of at least 4 members (excludes halogenated alkanes) is 3. The van der Waals surface area contributed by atoms with Gasteiger partial charge in [0.2, 0.25) is 0 Å². The summed E-state index contributed by atoms with van der Waals surface area (Å²) in [5, 5.41) is 1.49. The lowest BCUT2D eigenvalue weighted by atomic mass is 10.1. The molecule has 0 fully saturated rings. The summed E-state index contributed by atoms with van der Waals surface area (Å²) in [7, 11) is 1.68. The van der Waals surface area contributed by atoms with Crippen LogP contribution in [0.25, 0.3) is 10.9 Å². The first kappa shape index (κ1) is 24.2. The van der Waals surface area contributed by atoms with E-state index in [0.29, 0.717) is 45.4 Å². The quantitative estimate of drug-likeness (QED) is 0.444. The minimum absolute atomic E-state index is 0.153. The topological polar surface area (TPSA) is 81.2 Å². The molecule has 0 spiro atoms. The average Bonchev–Trinajstić information content (AvgIpc) is 2.77. The second-order valence-electron chi connectivity index (χ2n) is 7.88. The molecular weight excluding hydrogens is 447 g/mol. The van der Waals surface area contributed by atoms with Gasteiger partial charge < -0.3 is 10.6 Å². The molecular formula is C24H28Cl2N4O2. The minimum Gasteiger partial charge on any atom is -0.330 e. The summed E-state index contributed by atoms with van der Waals surface area (Å²) in [6.45, 7) is 3.08. The lowest BCUT2D eigenvalue weighted by Gasteiger charge is -2.30. The SMILES string of the molecule is CC(c1nc2cc(Cl)ccc2c(=O)n1C)N(CCCCCCN)C(=O)c1cccc(Cl)c1. The number of carbonyl (C=O) groups excluding carboxylic acids is 1. The number of nitrogens with two attached hydrogens (primary N) is 1. The first-order valence-electron chi connectivity index (χ1n) is 10.8. The maximum absolute atomic E-state index is 13.5. The summed E-state index contributed by atoms with van der Waals surface area (Å²) in [6.07, 6.45) is 3.75. The van der Waals surface area contributed by atoms with Crippen molar-refractivity contribution in [2.24, 2.45) is 12.8 Å². The van der Waals surface area contributed by atoms with Crippen LogP contribution in [0, 0.1) is 0 Å². The van der Waals surface area contributed by atoms with E-state index in [1.807, 2.05) is 6.92 Å². The van der Waals surface area contributed by atoms with E-state index in [4.69, 9.17) is 33.9 Å². The molecule has 0 aliphatic heterocycles. The fraction of sp³-hybridized carbons (Fsp3) is 0.375. The number of aromatic nitrogens is 2. The van der Waals surface area contributed by atoms with Crippen LogP contribution in [-0.4, -0.2) is 33.4 Å². The third kappa shape index (κ3) is 5.49. The summed E-state index contributed by atoms with van der Waals surface area (Å²) in [4.78, 5) is 32.9. The molecule has 0 aliphatic carbocycles. The molecule has 1 atom stereocenters. The number of fused-ring (bicyclic) bond motifs is 1. The lowest BCUT2D eigenvalue weighted by Crippen LogP contribution is -2.38. The third-order valence-electron chi connectivity index (χ3n) is 5.60. The van der Waals surface area contributed by atoms with Gasteiger partial charge in [0.25, 0.3) is 11.5 Å². The molecule has 1 unspecified atom stereocenters. The van der Waals surface area contributed by atoms with E-state index in [2.05, 4.69) is 0 Å². The minimum atomic E-state index is -0.433. The Morgan fingerprint density at radius 3 is 2.53 bits per heavy atom. The molecule has 0 aliphatic rings. The Labute approximate surface area is 197 Å². The Morgan fingerprint density at radius 2 is 1.81 bits per heavy atom. The smallest absolute Gasteiger partial charge is 0.261 e. The summed E-state index contributed by atoms with van der Waals surface area (Å²) < 4.78 is 1.51. The van der Waals surface area contributed by atoms with Crippen LogP contribution in [-0.2, 0) is 7.05 Å². The first-order chi connectivity index (χ1) is 15.3. The predicted molar refractivity (Wildman–Crippen MR) is 130 cm³/mol. The Bertz CT molecular complexity index is 1160. The van der Waals surface area contributed by atoms with Crippen LogP contribution < -0.4 is 11.3 Å². The number of hydrogen-bond donors (Lipinski definition) is 1. The number of rotatable bonds is 9. The van der Waals surface area contributed by atoms with Gasteiger partial charge in [-0.05, 0) is 62.7 Å². The second kappa shape index (κ2) is 10.9. The van der Waals surface area contributed by atoms with Crippen molar-refractivity contribution in [3.63, 3.8) is 0 Å². The van der Waals surface area contributed by atoms with Gasteiger partial charge in [-0.2, -0.15) is 0 Å². The van der Waals surface area contributed by atoms with Crippen molar-refractivity contribution in [1.82, 2.24) is 14.5 Å². The highest BCUT2D eigenvalue weighted by atomic mass is 35.5. The van der Waals surface area contributed by atoms with Crippen LogP contribution in [0.4, 0.5) is 0 Å². The highest BCUT2D eigenvalue weighted by Gasteiger charge is 2.26. The molecule has 2 N–H and O–H groups in total. The highest BCUT2D eigenvalue weighted by Crippen LogP contribution is 2.24. The summed E-state index contributed by atoms with van der Waals surface area (Å²) in [5.41, 5.74) is 6.43. The van der Waals surface area contributed by atoms with Crippen LogP contribution in [0.3, 0.4) is 0 Å². The monoisotopic (exact) mass is 474 g/mol. The Balaban J connectivity index is 1.98. The molecule has 0 radical (unpaired) electrons. The van der Waals surface area contributed by atoms with E-state index in [1.165, 1.54) is 4.57 Å². The number of benzene rings is 2. The molecule has 3 aromatic rings. The van der Waals surface area contributed by atoms with Crippen LogP contribution in [0.15, 0.2) is 47.3 Å². The lowest BCUT2D eigenvalue weighted by molar-refractivity contribution is 0.0676. The predicted octanol–water partition coefficient (Wildman–Crippen LogP) is 4.96. The molecule has 2 aromatic carbocycles. The van der Waals surface area contributed by atoms with Gasteiger partial charge in [0.1, 0.15) is 5.82 Å². The maximum atomic E-state index is 13.5. The molecule has 170 valence electrons. The molecule has 0 saturated heterocycles. The number of hydrogen-bond acceptors (Lipinski definition) is 4. The molecule has 3 rings (SSSR count). The van der Waals surface area contributed by atoms with Crippen molar-refractivity contribution < 1.29 is 4.79 Å². The second-order valence-corrected chi connectivity index (χ2v) is 8.76. The summed E-state index contributed by atoms with van der Waals surface area (Å²) in [6, 6.07) is 11.5. The Morgan fingerprint density at radius 1 is 1.09 bits per heavy atom.